The third kappa shape index (κ3) is 5.07. The van der Waals surface area contributed by atoms with Gasteiger partial charge in [0.05, 0.1) is 29.3 Å². The average Bonchev–Trinajstić information content (AvgIpc) is 3.15. The summed E-state index contributed by atoms with van der Waals surface area (Å²) in [7, 11) is 0. The first kappa shape index (κ1) is 21.1. The molecule has 0 unspecified atom stereocenters. The molecule has 10 heteroatoms. The summed E-state index contributed by atoms with van der Waals surface area (Å²) >= 11 is 4.66. The average molecular weight is 479 g/mol. The number of amides is 1. The molecule has 0 aliphatic heterocycles. The van der Waals surface area contributed by atoms with E-state index in [-0.39, 0.29) is 31.0 Å². The van der Waals surface area contributed by atoms with Crippen molar-refractivity contribution in [2.24, 2.45) is 0 Å². The Kier molecular flexibility index (Phi) is 6.75. The molecule has 1 amide bonds. The largest absolute Gasteiger partial charge is 0.459 e. The van der Waals surface area contributed by atoms with Crippen LogP contribution in [0.15, 0.2) is 39.2 Å². The van der Waals surface area contributed by atoms with Crippen LogP contribution < -0.4 is 10.5 Å². The highest BCUT2D eigenvalue weighted by molar-refractivity contribution is 9.10. The Morgan fingerprint density at radius 3 is 2.86 bits per heavy atom. The fraction of sp³-hybridized carbons (Fsp3) is 0.316. The first-order valence-corrected chi connectivity index (χ1v) is 10.6. The third-order valence-electron chi connectivity index (χ3n) is 4.19. The van der Waals surface area contributed by atoms with Crippen LogP contribution in [0.4, 0.5) is 5.13 Å². The van der Waals surface area contributed by atoms with Gasteiger partial charge in [-0.1, -0.05) is 15.9 Å². The van der Waals surface area contributed by atoms with Crippen LogP contribution in [0.1, 0.15) is 26.0 Å². The minimum Gasteiger partial charge on any atom is -0.459 e. The molecule has 3 rings (SSSR count). The van der Waals surface area contributed by atoms with Gasteiger partial charge in [0.25, 0.3) is 5.56 Å². The predicted octanol–water partition coefficient (Wildman–Crippen LogP) is 3.12. The van der Waals surface area contributed by atoms with Crippen molar-refractivity contribution < 1.29 is 14.3 Å². The van der Waals surface area contributed by atoms with Crippen LogP contribution in [0, 0.1) is 0 Å². The molecule has 0 bridgehead atoms. The number of hydrogen-bond acceptors (Lipinski definition) is 7. The van der Waals surface area contributed by atoms with Crippen molar-refractivity contribution >= 4 is 55.2 Å². The molecule has 29 heavy (non-hydrogen) atoms. The molecular weight excluding hydrogens is 460 g/mol. The fourth-order valence-corrected chi connectivity index (χ4v) is 3.99. The van der Waals surface area contributed by atoms with E-state index in [1.54, 1.807) is 22.4 Å². The molecule has 8 nitrogen and oxygen atoms in total. The molecule has 0 radical (unpaired) electrons. The molecule has 0 spiro atoms. The van der Waals surface area contributed by atoms with Crippen molar-refractivity contribution in [3.63, 3.8) is 0 Å². The van der Waals surface area contributed by atoms with Gasteiger partial charge in [0.15, 0.2) is 5.13 Å². The van der Waals surface area contributed by atoms with Crippen LogP contribution in [0.25, 0.3) is 10.9 Å². The second-order valence-corrected chi connectivity index (χ2v) is 7.95. The van der Waals surface area contributed by atoms with E-state index < -0.39 is 5.97 Å². The van der Waals surface area contributed by atoms with Gasteiger partial charge in [0.2, 0.25) is 5.91 Å². The summed E-state index contributed by atoms with van der Waals surface area (Å²) in [4.78, 5) is 46.3. The number of anilines is 1. The normalized spacial score (nSPS) is 10.9. The number of hydrogen-bond donors (Lipinski definition) is 0. The Bertz CT molecular complexity index is 1110. The van der Waals surface area contributed by atoms with E-state index in [9.17, 15) is 14.4 Å². The van der Waals surface area contributed by atoms with Gasteiger partial charge >= 0.3 is 5.97 Å². The molecule has 1 aromatic carbocycles. The van der Waals surface area contributed by atoms with Gasteiger partial charge in [-0.2, -0.15) is 0 Å². The van der Waals surface area contributed by atoms with E-state index in [1.807, 2.05) is 13.0 Å². The molecule has 2 aromatic heterocycles. The SMILES string of the molecule is CCN(C(C)=O)c1nc(COC(=O)CCn2cnc3ccc(Br)cc3c2=O)cs1. The van der Waals surface area contributed by atoms with Gasteiger partial charge in [0.1, 0.15) is 6.61 Å². The van der Waals surface area contributed by atoms with Crippen LogP contribution in [-0.2, 0) is 27.5 Å². The summed E-state index contributed by atoms with van der Waals surface area (Å²) in [6.45, 7) is 4.05. The summed E-state index contributed by atoms with van der Waals surface area (Å²) in [6.07, 6.45) is 1.46. The van der Waals surface area contributed by atoms with E-state index in [4.69, 9.17) is 4.74 Å². The Morgan fingerprint density at radius 1 is 1.34 bits per heavy atom. The molecule has 3 aromatic rings. The van der Waals surface area contributed by atoms with Gasteiger partial charge in [-0.05, 0) is 25.1 Å². The third-order valence-corrected chi connectivity index (χ3v) is 5.60. The number of benzene rings is 1. The maximum Gasteiger partial charge on any atom is 0.307 e. The van der Waals surface area contributed by atoms with E-state index >= 15 is 0 Å². The monoisotopic (exact) mass is 478 g/mol. The number of esters is 1. The Labute approximate surface area is 179 Å². The molecule has 0 atom stereocenters. The topological polar surface area (TPSA) is 94.4 Å². The number of thiazole rings is 1. The molecule has 0 N–H and O–H groups in total. The van der Waals surface area contributed by atoms with Crippen molar-refractivity contribution in [1.82, 2.24) is 14.5 Å². The number of aromatic nitrogens is 3. The number of fused-ring (bicyclic) bond motifs is 1. The molecule has 0 saturated heterocycles. The van der Waals surface area contributed by atoms with E-state index in [0.29, 0.717) is 28.3 Å². The van der Waals surface area contributed by atoms with Gasteiger partial charge in [-0.15, -0.1) is 11.3 Å². The summed E-state index contributed by atoms with van der Waals surface area (Å²) < 4.78 is 7.42. The predicted molar refractivity (Wildman–Crippen MR) is 114 cm³/mol. The zero-order valence-electron chi connectivity index (χ0n) is 15.9. The van der Waals surface area contributed by atoms with Crippen molar-refractivity contribution in [3.8, 4) is 0 Å². The molecule has 0 fully saturated rings. The van der Waals surface area contributed by atoms with Gasteiger partial charge in [-0.25, -0.2) is 9.97 Å². The van der Waals surface area contributed by atoms with Crippen LogP contribution >= 0.6 is 27.3 Å². The molecule has 0 aliphatic carbocycles. The number of nitrogens with zero attached hydrogens (tertiary/aromatic N) is 4. The van der Waals surface area contributed by atoms with Crippen molar-refractivity contribution in [2.75, 3.05) is 11.4 Å². The number of ether oxygens (including phenoxy) is 1. The standard InChI is InChI=1S/C19H19BrN4O4S/c1-3-24(12(2)25)19-22-14(10-29-19)9-28-17(26)6-7-23-11-21-16-5-4-13(20)8-15(16)18(23)27/h4-5,8,10-11H,3,6-7,9H2,1-2H3. The van der Waals surface area contributed by atoms with Crippen molar-refractivity contribution in [2.45, 2.75) is 33.4 Å². The number of carbonyl (C=O) groups excluding carboxylic acids is 2. The second kappa shape index (κ2) is 9.27. The smallest absolute Gasteiger partial charge is 0.307 e. The quantitative estimate of drug-likeness (QED) is 0.484. The zero-order chi connectivity index (χ0) is 21.0. The number of aryl methyl sites for hydroxylation is 1. The van der Waals surface area contributed by atoms with E-state index in [0.717, 1.165) is 4.47 Å². The van der Waals surface area contributed by atoms with Gasteiger partial charge < -0.3 is 4.74 Å². The maximum atomic E-state index is 12.5. The highest BCUT2D eigenvalue weighted by Gasteiger charge is 2.14. The van der Waals surface area contributed by atoms with E-state index in [2.05, 4.69) is 25.9 Å². The number of rotatable bonds is 7. The molecule has 0 aliphatic rings. The molecule has 0 saturated carbocycles. The highest BCUT2D eigenvalue weighted by Crippen LogP contribution is 2.21. The Hall–Kier alpha value is -2.59. The number of carbonyl (C=O) groups is 2. The maximum absolute atomic E-state index is 12.5. The van der Waals surface area contributed by atoms with Gasteiger partial charge in [-0.3, -0.25) is 23.9 Å². The lowest BCUT2D eigenvalue weighted by Crippen LogP contribution is -2.27. The Morgan fingerprint density at radius 2 is 2.14 bits per heavy atom. The van der Waals surface area contributed by atoms with Crippen molar-refractivity contribution in [3.05, 3.63) is 50.4 Å². The number of halogens is 1. The molecule has 2 heterocycles. The summed E-state index contributed by atoms with van der Waals surface area (Å²) in [5.41, 5.74) is 0.965. The zero-order valence-corrected chi connectivity index (χ0v) is 18.3. The first-order chi connectivity index (χ1) is 13.9. The van der Waals surface area contributed by atoms with Crippen LogP contribution in [0.3, 0.4) is 0 Å². The second-order valence-electron chi connectivity index (χ2n) is 6.20. The lowest BCUT2D eigenvalue weighted by molar-refractivity contribution is -0.145. The minimum absolute atomic E-state index is 0.0165. The van der Waals surface area contributed by atoms with Crippen LogP contribution in [0.5, 0.6) is 0 Å². The lowest BCUT2D eigenvalue weighted by atomic mass is 10.2. The van der Waals surface area contributed by atoms with Crippen molar-refractivity contribution in [1.29, 1.82) is 0 Å². The van der Waals surface area contributed by atoms with Crippen LogP contribution in [0.2, 0.25) is 0 Å². The van der Waals surface area contributed by atoms with Crippen LogP contribution in [-0.4, -0.2) is 33.0 Å². The molecular formula is C19H19BrN4O4S. The highest BCUT2D eigenvalue weighted by atomic mass is 79.9. The minimum atomic E-state index is -0.445. The summed E-state index contributed by atoms with van der Waals surface area (Å²) in [6, 6.07) is 5.28. The summed E-state index contributed by atoms with van der Waals surface area (Å²) in [5, 5.41) is 2.81. The Balaban J connectivity index is 1.58. The first-order valence-electron chi connectivity index (χ1n) is 8.92. The molecule has 152 valence electrons. The van der Waals surface area contributed by atoms with Gasteiger partial charge in [0, 0.05) is 29.9 Å². The lowest BCUT2D eigenvalue weighted by Gasteiger charge is -2.14. The summed E-state index contributed by atoms with van der Waals surface area (Å²) in [5.74, 6) is -0.536. The van der Waals surface area contributed by atoms with E-state index in [1.165, 1.54) is 29.2 Å². The fourth-order valence-electron chi connectivity index (χ4n) is 2.71.